The average Bonchev–Trinajstić information content (AvgIpc) is 2.42. The van der Waals surface area contributed by atoms with Gasteiger partial charge in [0.05, 0.1) is 6.10 Å². The molecule has 1 aromatic rings. The number of carbonyl (C=O) groups excluding carboxylic acids is 1. The van der Waals surface area contributed by atoms with Crippen molar-refractivity contribution in [2.75, 3.05) is 25.5 Å². The lowest BCUT2D eigenvalue weighted by atomic mass is 10.1. The largest absolute Gasteiger partial charge is 0.376 e. The minimum atomic E-state index is -0.318. The Morgan fingerprint density at radius 3 is 2.79 bits per heavy atom. The predicted octanol–water partition coefficient (Wildman–Crippen LogP) is 2.86. The summed E-state index contributed by atoms with van der Waals surface area (Å²) in [5.74, 6) is -0.318. The first kappa shape index (κ1) is 13.8. The second-order valence-electron chi connectivity index (χ2n) is 4.81. The van der Waals surface area contributed by atoms with Gasteiger partial charge in [-0.25, -0.2) is 9.18 Å². The number of halogens is 1. The standard InChI is InChI=1S/C14H19FN2O2/c1-17(10-13-4-2-3-9-19-13)14(18)16-12-7-5-11(15)6-8-12/h5-8,13H,2-4,9-10H2,1H3,(H,16,18). The molecule has 1 aromatic carbocycles. The van der Waals surface area contributed by atoms with Crippen molar-refractivity contribution < 1.29 is 13.9 Å². The van der Waals surface area contributed by atoms with Gasteiger partial charge in [0, 0.05) is 25.9 Å². The van der Waals surface area contributed by atoms with Gasteiger partial charge >= 0.3 is 6.03 Å². The van der Waals surface area contributed by atoms with E-state index in [1.165, 1.54) is 24.3 Å². The fraction of sp³-hybridized carbons (Fsp3) is 0.500. The third-order valence-corrected chi connectivity index (χ3v) is 3.19. The zero-order valence-electron chi connectivity index (χ0n) is 11.1. The average molecular weight is 266 g/mol. The van der Waals surface area contributed by atoms with E-state index in [4.69, 9.17) is 4.74 Å². The van der Waals surface area contributed by atoms with Gasteiger partial charge < -0.3 is 15.0 Å². The van der Waals surface area contributed by atoms with Crippen LogP contribution in [0.25, 0.3) is 0 Å². The maximum absolute atomic E-state index is 12.8. The van der Waals surface area contributed by atoms with E-state index in [9.17, 15) is 9.18 Å². The Labute approximate surface area is 112 Å². The monoisotopic (exact) mass is 266 g/mol. The molecule has 19 heavy (non-hydrogen) atoms. The quantitative estimate of drug-likeness (QED) is 0.914. The molecule has 1 saturated heterocycles. The molecule has 1 unspecified atom stereocenters. The highest BCUT2D eigenvalue weighted by Gasteiger charge is 2.18. The molecule has 1 aliphatic heterocycles. The van der Waals surface area contributed by atoms with Crippen LogP contribution in [0.1, 0.15) is 19.3 Å². The number of hydrogen-bond acceptors (Lipinski definition) is 2. The minimum Gasteiger partial charge on any atom is -0.376 e. The van der Waals surface area contributed by atoms with Crippen molar-refractivity contribution in [2.24, 2.45) is 0 Å². The van der Waals surface area contributed by atoms with Crippen LogP contribution in [0.5, 0.6) is 0 Å². The summed E-state index contributed by atoms with van der Waals surface area (Å²) >= 11 is 0. The number of anilines is 1. The highest BCUT2D eigenvalue weighted by atomic mass is 19.1. The molecule has 5 heteroatoms. The number of urea groups is 1. The number of likely N-dealkylation sites (N-methyl/N-ethyl adjacent to an activating group) is 1. The molecule has 2 rings (SSSR count). The first-order valence-electron chi connectivity index (χ1n) is 6.54. The van der Waals surface area contributed by atoms with Crippen molar-refractivity contribution in [3.05, 3.63) is 30.1 Å². The Morgan fingerprint density at radius 2 is 2.16 bits per heavy atom. The van der Waals surface area contributed by atoms with E-state index in [2.05, 4.69) is 5.32 Å². The molecule has 0 bridgehead atoms. The number of nitrogens with zero attached hydrogens (tertiary/aromatic N) is 1. The van der Waals surface area contributed by atoms with E-state index < -0.39 is 0 Å². The van der Waals surface area contributed by atoms with E-state index in [0.29, 0.717) is 12.2 Å². The molecule has 0 aliphatic carbocycles. The van der Waals surface area contributed by atoms with Gasteiger partial charge in [0.2, 0.25) is 0 Å². The van der Waals surface area contributed by atoms with Crippen molar-refractivity contribution >= 4 is 11.7 Å². The normalized spacial score (nSPS) is 18.9. The summed E-state index contributed by atoms with van der Waals surface area (Å²) in [7, 11) is 1.73. The van der Waals surface area contributed by atoms with Crippen LogP contribution in [0.2, 0.25) is 0 Å². The molecule has 1 N–H and O–H groups in total. The topological polar surface area (TPSA) is 41.6 Å². The maximum Gasteiger partial charge on any atom is 0.321 e. The second kappa shape index (κ2) is 6.52. The molecule has 1 aliphatic rings. The van der Waals surface area contributed by atoms with Crippen LogP contribution in [0.15, 0.2) is 24.3 Å². The summed E-state index contributed by atoms with van der Waals surface area (Å²) in [6, 6.07) is 5.51. The molecule has 1 fully saturated rings. The second-order valence-corrected chi connectivity index (χ2v) is 4.81. The van der Waals surface area contributed by atoms with Crippen molar-refractivity contribution in [2.45, 2.75) is 25.4 Å². The molecule has 0 aromatic heterocycles. The molecular formula is C14H19FN2O2. The van der Waals surface area contributed by atoms with Gasteiger partial charge in [0.25, 0.3) is 0 Å². The van der Waals surface area contributed by atoms with E-state index in [0.717, 1.165) is 25.9 Å². The van der Waals surface area contributed by atoms with Gasteiger partial charge in [0.15, 0.2) is 0 Å². The molecule has 1 atom stereocenters. The summed E-state index contributed by atoms with van der Waals surface area (Å²) in [4.78, 5) is 13.5. The smallest absolute Gasteiger partial charge is 0.321 e. The van der Waals surface area contributed by atoms with Gasteiger partial charge in [-0.1, -0.05) is 0 Å². The molecule has 4 nitrogen and oxygen atoms in total. The molecule has 0 saturated carbocycles. The fourth-order valence-corrected chi connectivity index (χ4v) is 2.09. The lowest BCUT2D eigenvalue weighted by Crippen LogP contribution is -2.39. The third-order valence-electron chi connectivity index (χ3n) is 3.19. The van der Waals surface area contributed by atoms with Crippen LogP contribution >= 0.6 is 0 Å². The first-order valence-corrected chi connectivity index (χ1v) is 6.54. The third kappa shape index (κ3) is 4.21. The van der Waals surface area contributed by atoms with Crippen LogP contribution < -0.4 is 5.32 Å². The molecule has 0 radical (unpaired) electrons. The number of ether oxygens (including phenoxy) is 1. The van der Waals surface area contributed by atoms with Crippen molar-refractivity contribution in [1.29, 1.82) is 0 Å². The summed E-state index contributed by atoms with van der Waals surface area (Å²) in [6.07, 6.45) is 3.37. The predicted molar refractivity (Wildman–Crippen MR) is 71.6 cm³/mol. The number of hydrogen-bond donors (Lipinski definition) is 1. The fourth-order valence-electron chi connectivity index (χ4n) is 2.09. The van der Waals surface area contributed by atoms with Crippen LogP contribution in [-0.2, 0) is 4.74 Å². The van der Waals surface area contributed by atoms with Crippen LogP contribution in [0, 0.1) is 5.82 Å². The van der Waals surface area contributed by atoms with Gasteiger partial charge in [0.1, 0.15) is 5.82 Å². The van der Waals surface area contributed by atoms with Crippen LogP contribution in [-0.4, -0.2) is 37.2 Å². The summed E-state index contributed by atoms with van der Waals surface area (Å²) < 4.78 is 18.3. The zero-order chi connectivity index (χ0) is 13.7. The lowest BCUT2D eigenvalue weighted by molar-refractivity contribution is 0.00463. The Morgan fingerprint density at radius 1 is 1.42 bits per heavy atom. The zero-order valence-corrected chi connectivity index (χ0v) is 11.1. The lowest BCUT2D eigenvalue weighted by Gasteiger charge is -2.27. The molecule has 1 heterocycles. The SMILES string of the molecule is CN(CC1CCCCO1)C(=O)Nc1ccc(F)cc1. The summed E-state index contributed by atoms with van der Waals surface area (Å²) in [5, 5.41) is 2.72. The van der Waals surface area contributed by atoms with E-state index >= 15 is 0 Å². The van der Waals surface area contributed by atoms with Crippen LogP contribution in [0.3, 0.4) is 0 Å². The van der Waals surface area contributed by atoms with Crippen molar-refractivity contribution in [3.63, 3.8) is 0 Å². The Bertz CT molecular complexity index is 416. The van der Waals surface area contributed by atoms with E-state index in [1.54, 1.807) is 11.9 Å². The summed E-state index contributed by atoms with van der Waals surface area (Å²) in [6.45, 7) is 1.35. The first-order chi connectivity index (χ1) is 9.15. The highest BCUT2D eigenvalue weighted by molar-refractivity contribution is 5.89. The number of rotatable bonds is 3. The van der Waals surface area contributed by atoms with Crippen molar-refractivity contribution in [1.82, 2.24) is 4.90 Å². The van der Waals surface area contributed by atoms with Gasteiger partial charge in [-0.05, 0) is 43.5 Å². The number of nitrogens with one attached hydrogen (secondary N) is 1. The van der Waals surface area contributed by atoms with E-state index in [1.807, 2.05) is 0 Å². The van der Waals surface area contributed by atoms with Gasteiger partial charge in [-0.2, -0.15) is 0 Å². The number of carbonyl (C=O) groups is 1. The minimum absolute atomic E-state index is 0.123. The molecular weight excluding hydrogens is 247 g/mol. The van der Waals surface area contributed by atoms with Gasteiger partial charge in [-0.15, -0.1) is 0 Å². The molecule has 2 amide bonds. The number of benzene rings is 1. The Hall–Kier alpha value is -1.62. The highest BCUT2D eigenvalue weighted by Crippen LogP contribution is 2.14. The van der Waals surface area contributed by atoms with Crippen LogP contribution in [0.4, 0.5) is 14.9 Å². The van der Waals surface area contributed by atoms with Crippen molar-refractivity contribution in [3.8, 4) is 0 Å². The Balaban J connectivity index is 1.83. The maximum atomic E-state index is 12.8. The van der Waals surface area contributed by atoms with E-state index in [-0.39, 0.29) is 18.0 Å². The molecule has 104 valence electrons. The Kier molecular flexibility index (Phi) is 4.74. The molecule has 0 spiro atoms. The summed E-state index contributed by atoms with van der Waals surface area (Å²) in [5.41, 5.74) is 0.586. The number of amides is 2. The van der Waals surface area contributed by atoms with Gasteiger partial charge in [-0.3, -0.25) is 0 Å².